The number of carbonyl (C=O) groups is 1. The van der Waals surface area contributed by atoms with Crippen LogP contribution < -0.4 is 5.32 Å². The first-order valence-electron chi connectivity index (χ1n) is 6.71. The van der Waals surface area contributed by atoms with Gasteiger partial charge in [0.25, 0.3) is 0 Å². The zero-order valence-electron chi connectivity index (χ0n) is 10.6. The molecule has 1 aliphatic carbocycles. The first-order chi connectivity index (χ1) is 8.28. The highest BCUT2D eigenvalue weighted by Crippen LogP contribution is 2.29. The van der Waals surface area contributed by atoms with Gasteiger partial charge in [-0.3, -0.25) is 4.79 Å². The molecule has 1 N–H and O–H groups in total. The second-order valence-corrected chi connectivity index (χ2v) is 5.17. The van der Waals surface area contributed by atoms with Crippen molar-refractivity contribution in [2.45, 2.75) is 50.7 Å². The lowest BCUT2D eigenvalue weighted by atomic mass is 9.85. The molecule has 2 aliphatic rings. The Morgan fingerprint density at radius 1 is 1.18 bits per heavy atom. The van der Waals surface area contributed by atoms with Crippen molar-refractivity contribution in [2.24, 2.45) is 5.92 Å². The standard InChI is InChI=1S/C13H23NO3/c1-16-13(15)8-10-2-4-11(5-3-10)17-12-6-7-14-9-12/h10-12,14H,2-9H2,1H3/t10?,11?,12-/m1/s1. The van der Waals surface area contributed by atoms with Gasteiger partial charge in [0.2, 0.25) is 0 Å². The summed E-state index contributed by atoms with van der Waals surface area (Å²) in [5, 5.41) is 3.32. The SMILES string of the molecule is COC(=O)CC1CCC(O[C@@H]2CCNC2)CC1. The third-order valence-electron chi connectivity index (χ3n) is 3.88. The smallest absolute Gasteiger partial charge is 0.305 e. The summed E-state index contributed by atoms with van der Waals surface area (Å²) in [4.78, 5) is 11.2. The van der Waals surface area contributed by atoms with E-state index < -0.39 is 0 Å². The first-order valence-corrected chi connectivity index (χ1v) is 6.71. The number of methoxy groups -OCH3 is 1. The summed E-state index contributed by atoms with van der Waals surface area (Å²) in [5.74, 6) is 0.429. The first kappa shape index (κ1) is 12.8. The van der Waals surface area contributed by atoms with Gasteiger partial charge < -0.3 is 14.8 Å². The summed E-state index contributed by atoms with van der Waals surface area (Å²) in [5.41, 5.74) is 0. The van der Waals surface area contributed by atoms with Crippen LogP contribution in [0.15, 0.2) is 0 Å². The van der Waals surface area contributed by atoms with Gasteiger partial charge in [-0.1, -0.05) is 0 Å². The minimum absolute atomic E-state index is 0.0747. The third kappa shape index (κ3) is 3.96. The van der Waals surface area contributed by atoms with E-state index in [4.69, 9.17) is 9.47 Å². The van der Waals surface area contributed by atoms with Crippen LogP contribution in [0.1, 0.15) is 38.5 Å². The topological polar surface area (TPSA) is 47.6 Å². The zero-order valence-corrected chi connectivity index (χ0v) is 10.6. The molecular formula is C13H23NO3. The van der Waals surface area contributed by atoms with Crippen molar-refractivity contribution in [3.8, 4) is 0 Å². The fourth-order valence-corrected chi connectivity index (χ4v) is 2.81. The Balaban J connectivity index is 1.65. The molecule has 2 rings (SSSR count). The van der Waals surface area contributed by atoms with E-state index >= 15 is 0 Å². The van der Waals surface area contributed by atoms with Gasteiger partial charge in [0.1, 0.15) is 0 Å². The maximum atomic E-state index is 11.2. The lowest BCUT2D eigenvalue weighted by Crippen LogP contribution is -2.28. The molecule has 0 aromatic rings. The summed E-state index contributed by atoms with van der Waals surface area (Å²) in [6.07, 6.45) is 6.93. The summed E-state index contributed by atoms with van der Waals surface area (Å²) in [6.45, 7) is 2.09. The number of hydrogen-bond donors (Lipinski definition) is 1. The molecule has 98 valence electrons. The zero-order chi connectivity index (χ0) is 12.1. The quantitative estimate of drug-likeness (QED) is 0.757. The maximum absolute atomic E-state index is 11.2. The van der Waals surface area contributed by atoms with Crippen molar-refractivity contribution < 1.29 is 14.3 Å². The van der Waals surface area contributed by atoms with Crippen molar-refractivity contribution in [1.82, 2.24) is 5.32 Å². The number of esters is 1. The van der Waals surface area contributed by atoms with Gasteiger partial charge in [0.15, 0.2) is 0 Å². The van der Waals surface area contributed by atoms with E-state index in [0.717, 1.165) is 45.2 Å². The van der Waals surface area contributed by atoms with Crippen molar-refractivity contribution in [1.29, 1.82) is 0 Å². The Morgan fingerprint density at radius 3 is 2.53 bits per heavy atom. The van der Waals surface area contributed by atoms with Crippen LogP contribution in [-0.2, 0) is 14.3 Å². The molecule has 0 aromatic heterocycles. The monoisotopic (exact) mass is 241 g/mol. The highest BCUT2D eigenvalue weighted by molar-refractivity contribution is 5.69. The minimum atomic E-state index is -0.0747. The Morgan fingerprint density at radius 2 is 1.94 bits per heavy atom. The molecule has 0 radical (unpaired) electrons. The summed E-state index contributed by atoms with van der Waals surface area (Å²) < 4.78 is 10.8. The Hall–Kier alpha value is -0.610. The lowest BCUT2D eigenvalue weighted by Gasteiger charge is -2.29. The van der Waals surface area contributed by atoms with E-state index in [0.29, 0.717) is 24.5 Å². The average Bonchev–Trinajstić information content (AvgIpc) is 2.84. The molecule has 0 spiro atoms. The number of ether oxygens (including phenoxy) is 2. The molecule has 4 heteroatoms. The van der Waals surface area contributed by atoms with Crippen LogP contribution in [-0.4, -0.2) is 38.4 Å². The van der Waals surface area contributed by atoms with Crippen LogP contribution in [0.25, 0.3) is 0 Å². The number of rotatable bonds is 4. The second-order valence-electron chi connectivity index (χ2n) is 5.17. The van der Waals surface area contributed by atoms with Gasteiger partial charge >= 0.3 is 5.97 Å². The Kier molecular flexibility index (Phi) is 4.80. The highest BCUT2D eigenvalue weighted by atomic mass is 16.5. The van der Waals surface area contributed by atoms with Gasteiger partial charge in [0.05, 0.1) is 19.3 Å². The molecule has 17 heavy (non-hydrogen) atoms. The molecule has 1 saturated carbocycles. The van der Waals surface area contributed by atoms with Gasteiger partial charge in [-0.05, 0) is 44.6 Å². The van der Waals surface area contributed by atoms with E-state index in [1.54, 1.807) is 0 Å². The predicted molar refractivity (Wildman–Crippen MR) is 64.7 cm³/mol. The largest absolute Gasteiger partial charge is 0.469 e. The van der Waals surface area contributed by atoms with Crippen LogP contribution in [0.4, 0.5) is 0 Å². The van der Waals surface area contributed by atoms with Crippen LogP contribution in [0, 0.1) is 5.92 Å². The van der Waals surface area contributed by atoms with Gasteiger partial charge in [-0.15, -0.1) is 0 Å². The molecule has 1 saturated heterocycles. The van der Waals surface area contributed by atoms with Crippen molar-refractivity contribution in [3.05, 3.63) is 0 Å². The number of hydrogen-bond acceptors (Lipinski definition) is 4. The molecule has 4 nitrogen and oxygen atoms in total. The molecule has 0 aromatic carbocycles. The van der Waals surface area contributed by atoms with Crippen LogP contribution in [0.3, 0.4) is 0 Å². The number of nitrogens with one attached hydrogen (secondary N) is 1. The molecule has 2 fully saturated rings. The van der Waals surface area contributed by atoms with Gasteiger partial charge in [0, 0.05) is 13.0 Å². The van der Waals surface area contributed by atoms with Crippen LogP contribution in [0.5, 0.6) is 0 Å². The van der Waals surface area contributed by atoms with Gasteiger partial charge in [-0.2, -0.15) is 0 Å². The highest BCUT2D eigenvalue weighted by Gasteiger charge is 2.26. The molecular weight excluding hydrogens is 218 g/mol. The average molecular weight is 241 g/mol. The number of carbonyl (C=O) groups excluding carboxylic acids is 1. The summed E-state index contributed by atoms with van der Waals surface area (Å²) >= 11 is 0. The fraction of sp³-hybridized carbons (Fsp3) is 0.923. The van der Waals surface area contributed by atoms with Crippen molar-refractivity contribution in [2.75, 3.05) is 20.2 Å². The van der Waals surface area contributed by atoms with Crippen molar-refractivity contribution in [3.63, 3.8) is 0 Å². The minimum Gasteiger partial charge on any atom is -0.469 e. The fourth-order valence-electron chi connectivity index (χ4n) is 2.81. The van der Waals surface area contributed by atoms with Gasteiger partial charge in [-0.25, -0.2) is 0 Å². The van der Waals surface area contributed by atoms with E-state index in [9.17, 15) is 4.79 Å². The molecule has 0 amide bonds. The predicted octanol–water partition coefficient (Wildman–Crippen LogP) is 1.49. The Labute approximate surface area is 103 Å². The molecule has 1 atom stereocenters. The summed E-state index contributed by atoms with van der Waals surface area (Å²) in [7, 11) is 1.46. The normalized spacial score (nSPS) is 33.6. The van der Waals surface area contributed by atoms with E-state index in [1.165, 1.54) is 7.11 Å². The molecule has 1 aliphatic heterocycles. The third-order valence-corrected chi connectivity index (χ3v) is 3.88. The van der Waals surface area contributed by atoms with E-state index in [1.807, 2.05) is 0 Å². The van der Waals surface area contributed by atoms with Crippen LogP contribution in [0.2, 0.25) is 0 Å². The van der Waals surface area contributed by atoms with Crippen molar-refractivity contribution >= 4 is 5.97 Å². The molecule has 1 heterocycles. The Bertz CT molecular complexity index is 243. The van der Waals surface area contributed by atoms with E-state index in [-0.39, 0.29) is 5.97 Å². The second kappa shape index (κ2) is 6.36. The summed E-state index contributed by atoms with van der Waals surface area (Å²) in [6, 6.07) is 0. The molecule has 0 bridgehead atoms. The van der Waals surface area contributed by atoms with Crippen LogP contribution >= 0.6 is 0 Å². The molecule has 0 unspecified atom stereocenters. The maximum Gasteiger partial charge on any atom is 0.305 e. The van der Waals surface area contributed by atoms with E-state index in [2.05, 4.69) is 5.32 Å². The lowest BCUT2D eigenvalue weighted by molar-refractivity contribution is -0.142.